The zero-order valence-corrected chi connectivity index (χ0v) is 13.8. The number of aryl methyl sites for hydroxylation is 2. The first-order valence-electron chi connectivity index (χ1n) is 8.02. The van der Waals surface area contributed by atoms with E-state index in [1.54, 1.807) is 0 Å². The Balaban J connectivity index is 2.12. The van der Waals surface area contributed by atoms with E-state index >= 15 is 0 Å². The molecule has 1 aromatic rings. The molecule has 5 heteroatoms. The normalized spacial score (nSPS) is 17.0. The van der Waals surface area contributed by atoms with Gasteiger partial charge in [0.2, 0.25) is 5.95 Å². The summed E-state index contributed by atoms with van der Waals surface area (Å²) in [6.45, 7) is 14.0. The smallest absolute Gasteiger partial charge is 0.225 e. The molecule has 0 saturated carbocycles. The molecule has 118 valence electrons. The van der Waals surface area contributed by atoms with Crippen LogP contribution in [0.25, 0.3) is 0 Å². The number of hydrogen-bond donors (Lipinski definition) is 1. The van der Waals surface area contributed by atoms with Gasteiger partial charge in [0, 0.05) is 31.0 Å². The Labute approximate surface area is 128 Å². The van der Waals surface area contributed by atoms with Crippen molar-refractivity contribution < 1.29 is 4.74 Å². The first-order chi connectivity index (χ1) is 10.1. The number of hydrogen-bond acceptors (Lipinski definition) is 5. The third-order valence-corrected chi connectivity index (χ3v) is 3.98. The van der Waals surface area contributed by atoms with Gasteiger partial charge < -0.3 is 15.0 Å². The number of anilines is 1. The van der Waals surface area contributed by atoms with Crippen molar-refractivity contribution in [3.8, 4) is 0 Å². The third-order valence-electron chi connectivity index (χ3n) is 3.98. The topological polar surface area (TPSA) is 50.3 Å². The lowest BCUT2D eigenvalue weighted by molar-refractivity contribution is 0.122. The summed E-state index contributed by atoms with van der Waals surface area (Å²) in [7, 11) is 0. The molecule has 1 unspecified atom stereocenters. The van der Waals surface area contributed by atoms with Crippen LogP contribution in [-0.2, 0) is 4.74 Å². The highest BCUT2D eigenvalue weighted by Gasteiger charge is 2.19. The largest absolute Gasteiger partial charge is 0.378 e. The van der Waals surface area contributed by atoms with Gasteiger partial charge in [-0.1, -0.05) is 13.8 Å². The van der Waals surface area contributed by atoms with Crippen molar-refractivity contribution in [2.75, 3.05) is 44.3 Å². The van der Waals surface area contributed by atoms with Gasteiger partial charge in [-0.2, -0.15) is 0 Å². The number of morpholine rings is 1. The Morgan fingerprint density at radius 3 is 2.38 bits per heavy atom. The fourth-order valence-electron chi connectivity index (χ4n) is 2.92. The zero-order chi connectivity index (χ0) is 15.2. The van der Waals surface area contributed by atoms with Gasteiger partial charge in [0.25, 0.3) is 0 Å². The molecule has 1 fully saturated rings. The van der Waals surface area contributed by atoms with Gasteiger partial charge in [0.1, 0.15) is 0 Å². The molecule has 1 N–H and O–H groups in total. The maximum atomic E-state index is 5.39. The second-order valence-electron chi connectivity index (χ2n) is 5.81. The van der Waals surface area contributed by atoms with Crippen molar-refractivity contribution in [3.63, 3.8) is 0 Å². The summed E-state index contributed by atoms with van der Waals surface area (Å²) in [5.74, 6) is 1.29. The summed E-state index contributed by atoms with van der Waals surface area (Å²) < 4.78 is 5.39. The van der Waals surface area contributed by atoms with Gasteiger partial charge >= 0.3 is 0 Å². The molecule has 2 rings (SSSR count). The van der Waals surface area contributed by atoms with Crippen molar-refractivity contribution >= 4 is 5.95 Å². The molecule has 1 aliphatic heterocycles. The molecule has 5 nitrogen and oxygen atoms in total. The Bertz CT molecular complexity index is 435. The Morgan fingerprint density at radius 2 is 1.81 bits per heavy atom. The highest BCUT2D eigenvalue weighted by atomic mass is 16.5. The van der Waals surface area contributed by atoms with Crippen LogP contribution in [0.1, 0.15) is 43.1 Å². The zero-order valence-electron chi connectivity index (χ0n) is 13.8. The second kappa shape index (κ2) is 7.71. The first kappa shape index (κ1) is 16.2. The van der Waals surface area contributed by atoms with Gasteiger partial charge in [-0.05, 0) is 38.3 Å². The van der Waals surface area contributed by atoms with Crippen LogP contribution in [0.3, 0.4) is 0 Å². The van der Waals surface area contributed by atoms with E-state index in [2.05, 4.69) is 37.9 Å². The highest BCUT2D eigenvalue weighted by molar-refractivity contribution is 5.38. The average molecular weight is 292 g/mol. The van der Waals surface area contributed by atoms with Gasteiger partial charge in [-0.15, -0.1) is 0 Å². The summed E-state index contributed by atoms with van der Waals surface area (Å²) >= 11 is 0. The molecule has 0 bridgehead atoms. The predicted octanol–water partition coefficient (Wildman–Crippen LogP) is 2.03. The molecule has 0 aliphatic carbocycles. The van der Waals surface area contributed by atoms with Crippen LogP contribution in [0.4, 0.5) is 5.95 Å². The summed E-state index contributed by atoms with van der Waals surface area (Å²) in [4.78, 5) is 11.7. The molecular weight excluding hydrogens is 264 g/mol. The summed E-state index contributed by atoms with van der Waals surface area (Å²) in [6, 6.07) is 0. The van der Waals surface area contributed by atoms with Crippen molar-refractivity contribution in [1.29, 1.82) is 0 Å². The van der Waals surface area contributed by atoms with Gasteiger partial charge in [-0.3, -0.25) is 0 Å². The van der Waals surface area contributed by atoms with E-state index in [0.29, 0.717) is 5.92 Å². The summed E-state index contributed by atoms with van der Waals surface area (Å²) in [6.07, 6.45) is 1.16. The number of nitrogens with one attached hydrogen (secondary N) is 1. The van der Waals surface area contributed by atoms with Crippen LogP contribution < -0.4 is 10.2 Å². The first-order valence-corrected chi connectivity index (χ1v) is 8.02. The predicted molar refractivity (Wildman–Crippen MR) is 86.1 cm³/mol. The average Bonchev–Trinajstić information content (AvgIpc) is 2.47. The maximum Gasteiger partial charge on any atom is 0.225 e. The molecule has 1 atom stereocenters. The molecule has 2 heterocycles. The van der Waals surface area contributed by atoms with Crippen molar-refractivity contribution in [2.24, 2.45) is 0 Å². The van der Waals surface area contributed by atoms with E-state index < -0.39 is 0 Å². The van der Waals surface area contributed by atoms with E-state index in [9.17, 15) is 0 Å². The van der Waals surface area contributed by atoms with E-state index in [1.165, 1.54) is 5.56 Å². The van der Waals surface area contributed by atoms with Crippen LogP contribution in [0.15, 0.2) is 0 Å². The lowest BCUT2D eigenvalue weighted by atomic mass is 9.98. The van der Waals surface area contributed by atoms with E-state index in [0.717, 1.165) is 63.1 Å². The fraction of sp³-hybridized carbons (Fsp3) is 0.750. The van der Waals surface area contributed by atoms with Crippen molar-refractivity contribution in [1.82, 2.24) is 15.3 Å². The molecule has 21 heavy (non-hydrogen) atoms. The number of aromatic nitrogens is 2. The van der Waals surface area contributed by atoms with Crippen LogP contribution in [0.2, 0.25) is 0 Å². The number of nitrogens with zero attached hydrogens (tertiary/aromatic N) is 3. The molecule has 0 amide bonds. The third kappa shape index (κ3) is 4.14. The van der Waals surface area contributed by atoms with Gasteiger partial charge in [0.15, 0.2) is 0 Å². The summed E-state index contributed by atoms with van der Waals surface area (Å²) in [5, 5.41) is 3.48. The Morgan fingerprint density at radius 1 is 1.19 bits per heavy atom. The minimum Gasteiger partial charge on any atom is -0.378 e. The number of ether oxygens (including phenoxy) is 1. The minimum absolute atomic E-state index is 0.440. The molecule has 1 saturated heterocycles. The van der Waals surface area contributed by atoms with Gasteiger partial charge in [0.05, 0.1) is 13.2 Å². The van der Waals surface area contributed by atoms with Crippen molar-refractivity contribution in [2.45, 2.75) is 40.0 Å². The van der Waals surface area contributed by atoms with Crippen LogP contribution >= 0.6 is 0 Å². The molecular formula is C16H28N4O. The Kier molecular flexibility index (Phi) is 5.94. The highest BCUT2D eigenvalue weighted by Crippen LogP contribution is 2.23. The minimum atomic E-state index is 0.440. The fourth-order valence-corrected chi connectivity index (χ4v) is 2.92. The molecule has 0 aromatic carbocycles. The molecule has 1 aliphatic rings. The van der Waals surface area contributed by atoms with E-state index in [1.807, 2.05) is 0 Å². The standard InChI is InChI=1S/C16H28N4O/c1-5-6-17-11-12(2)15-13(3)18-16(19-14(15)4)20-7-9-21-10-8-20/h12,17H,5-11H2,1-4H3. The SMILES string of the molecule is CCCNCC(C)c1c(C)nc(N2CCOCC2)nc1C. The van der Waals surface area contributed by atoms with E-state index in [4.69, 9.17) is 14.7 Å². The van der Waals surface area contributed by atoms with Crippen LogP contribution in [-0.4, -0.2) is 49.4 Å². The Hall–Kier alpha value is -1.20. The van der Waals surface area contributed by atoms with Crippen LogP contribution in [0.5, 0.6) is 0 Å². The maximum absolute atomic E-state index is 5.39. The van der Waals surface area contributed by atoms with Crippen molar-refractivity contribution in [3.05, 3.63) is 17.0 Å². The second-order valence-corrected chi connectivity index (χ2v) is 5.81. The monoisotopic (exact) mass is 292 g/mol. The lowest BCUT2D eigenvalue weighted by Gasteiger charge is -2.28. The molecule has 1 aromatic heterocycles. The number of rotatable bonds is 6. The molecule has 0 spiro atoms. The molecule has 0 radical (unpaired) electrons. The lowest BCUT2D eigenvalue weighted by Crippen LogP contribution is -2.37. The summed E-state index contributed by atoms with van der Waals surface area (Å²) in [5.41, 5.74) is 3.50. The van der Waals surface area contributed by atoms with Gasteiger partial charge in [-0.25, -0.2) is 9.97 Å². The quantitative estimate of drug-likeness (QED) is 0.813. The van der Waals surface area contributed by atoms with E-state index in [-0.39, 0.29) is 0 Å². The van der Waals surface area contributed by atoms with Crippen LogP contribution in [0, 0.1) is 13.8 Å².